The zero-order valence-electron chi connectivity index (χ0n) is 10.8. The summed E-state index contributed by atoms with van der Waals surface area (Å²) in [5.74, 6) is 2.80. The monoisotopic (exact) mass is 236 g/mol. The second-order valence-corrected chi connectivity index (χ2v) is 4.20. The quantitative estimate of drug-likeness (QED) is 0.858. The topological polar surface area (TPSA) is 50.3 Å². The lowest BCUT2D eigenvalue weighted by Crippen LogP contribution is -2.37. The molecule has 17 heavy (non-hydrogen) atoms. The van der Waals surface area contributed by atoms with Crippen molar-refractivity contribution in [2.75, 3.05) is 43.1 Å². The van der Waals surface area contributed by atoms with E-state index in [9.17, 15) is 0 Å². The minimum Gasteiger partial charge on any atom is -0.378 e. The van der Waals surface area contributed by atoms with Gasteiger partial charge in [0.15, 0.2) is 0 Å². The maximum Gasteiger partial charge on any atom is 0.137 e. The predicted octanol–water partition coefficient (Wildman–Crippen LogP) is 1.36. The summed E-state index contributed by atoms with van der Waals surface area (Å²) in [5.41, 5.74) is 1.12. The van der Waals surface area contributed by atoms with E-state index in [4.69, 9.17) is 4.74 Å². The highest BCUT2D eigenvalue weighted by atomic mass is 16.5. The number of ether oxygens (including phenoxy) is 1. The van der Waals surface area contributed by atoms with Crippen molar-refractivity contribution in [3.05, 3.63) is 11.4 Å². The molecule has 1 aromatic rings. The second-order valence-electron chi connectivity index (χ2n) is 4.20. The number of hydrogen-bond acceptors (Lipinski definition) is 5. The van der Waals surface area contributed by atoms with Crippen LogP contribution in [0.1, 0.15) is 18.3 Å². The average molecular weight is 236 g/mol. The number of nitrogens with one attached hydrogen (secondary N) is 1. The summed E-state index contributed by atoms with van der Waals surface area (Å²) in [6.45, 7) is 10.3. The van der Waals surface area contributed by atoms with Crippen LogP contribution in [0.5, 0.6) is 0 Å². The standard InChI is InChI=1S/C12H20N4O/c1-4-13-11-9(2)12(15-10(3)14-11)16-5-7-17-8-6-16/h4-8H2,1-3H3,(H,13,14,15). The smallest absolute Gasteiger partial charge is 0.137 e. The third-order valence-corrected chi connectivity index (χ3v) is 2.89. The first-order valence-corrected chi connectivity index (χ1v) is 6.14. The zero-order valence-corrected chi connectivity index (χ0v) is 10.8. The normalized spacial score (nSPS) is 16.1. The Balaban J connectivity index is 2.31. The molecule has 1 aliphatic rings. The molecule has 2 heterocycles. The van der Waals surface area contributed by atoms with Gasteiger partial charge in [0.05, 0.1) is 13.2 Å². The summed E-state index contributed by atoms with van der Waals surface area (Å²) in [6.07, 6.45) is 0. The van der Waals surface area contributed by atoms with Crippen LogP contribution in [0.3, 0.4) is 0 Å². The van der Waals surface area contributed by atoms with Crippen molar-refractivity contribution < 1.29 is 4.74 Å². The molecule has 1 saturated heterocycles. The van der Waals surface area contributed by atoms with Crippen molar-refractivity contribution >= 4 is 11.6 Å². The maximum atomic E-state index is 5.37. The van der Waals surface area contributed by atoms with Gasteiger partial charge in [-0.05, 0) is 20.8 Å². The van der Waals surface area contributed by atoms with E-state index in [1.165, 1.54) is 0 Å². The zero-order chi connectivity index (χ0) is 12.3. The molecule has 0 aliphatic carbocycles. The number of aryl methyl sites for hydroxylation is 1. The first-order chi connectivity index (χ1) is 8.22. The molecule has 0 spiro atoms. The van der Waals surface area contributed by atoms with Crippen LogP contribution in [0.25, 0.3) is 0 Å². The summed E-state index contributed by atoms with van der Waals surface area (Å²) in [6, 6.07) is 0. The van der Waals surface area contributed by atoms with Crippen molar-refractivity contribution in [2.24, 2.45) is 0 Å². The van der Waals surface area contributed by atoms with Gasteiger partial charge in [-0.1, -0.05) is 0 Å². The van der Waals surface area contributed by atoms with Gasteiger partial charge in [-0.25, -0.2) is 9.97 Å². The molecule has 2 rings (SSSR count). The van der Waals surface area contributed by atoms with Gasteiger partial charge < -0.3 is 15.0 Å². The van der Waals surface area contributed by atoms with Crippen LogP contribution in [-0.2, 0) is 4.74 Å². The first kappa shape index (κ1) is 12.1. The Bertz CT molecular complexity index is 388. The molecule has 0 aromatic carbocycles. The summed E-state index contributed by atoms with van der Waals surface area (Å²) < 4.78 is 5.37. The summed E-state index contributed by atoms with van der Waals surface area (Å²) in [7, 11) is 0. The van der Waals surface area contributed by atoms with Crippen molar-refractivity contribution in [3.8, 4) is 0 Å². The molecule has 0 unspecified atom stereocenters. The minimum absolute atomic E-state index is 0.777. The lowest BCUT2D eigenvalue weighted by Gasteiger charge is -2.29. The maximum absolute atomic E-state index is 5.37. The highest BCUT2D eigenvalue weighted by Gasteiger charge is 2.17. The number of aromatic nitrogens is 2. The van der Waals surface area contributed by atoms with Gasteiger partial charge in [0.1, 0.15) is 17.5 Å². The van der Waals surface area contributed by atoms with E-state index in [-0.39, 0.29) is 0 Å². The molecule has 5 heteroatoms. The molecule has 1 aliphatic heterocycles. The third kappa shape index (κ3) is 2.66. The minimum atomic E-state index is 0.777. The lowest BCUT2D eigenvalue weighted by molar-refractivity contribution is 0.122. The summed E-state index contributed by atoms with van der Waals surface area (Å²) >= 11 is 0. The van der Waals surface area contributed by atoms with Crippen molar-refractivity contribution in [1.29, 1.82) is 0 Å². The largest absolute Gasteiger partial charge is 0.378 e. The van der Waals surface area contributed by atoms with Crippen molar-refractivity contribution in [2.45, 2.75) is 20.8 Å². The van der Waals surface area contributed by atoms with E-state index in [0.717, 1.165) is 55.9 Å². The van der Waals surface area contributed by atoms with Gasteiger partial charge in [0.2, 0.25) is 0 Å². The Morgan fingerprint density at radius 1 is 1.24 bits per heavy atom. The Morgan fingerprint density at radius 2 is 1.94 bits per heavy atom. The van der Waals surface area contributed by atoms with Crippen LogP contribution in [0.2, 0.25) is 0 Å². The SMILES string of the molecule is CCNc1nc(C)nc(N2CCOCC2)c1C. The van der Waals surface area contributed by atoms with Gasteiger partial charge in [-0.2, -0.15) is 0 Å². The molecular formula is C12H20N4O. The highest BCUT2D eigenvalue weighted by Crippen LogP contribution is 2.23. The number of anilines is 2. The van der Waals surface area contributed by atoms with Crippen LogP contribution in [0.15, 0.2) is 0 Å². The van der Waals surface area contributed by atoms with Gasteiger partial charge >= 0.3 is 0 Å². The van der Waals surface area contributed by atoms with Crippen LogP contribution in [0, 0.1) is 13.8 Å². The molecule has 5 nitrogen and oxygen atoms in total. The Kier molecular flexibility index (Phi) is 3.78. The van der Waals surface area contributed by atoms with E-state index >= 15 is 0 Å². The molecule has 0 amide bonds. The molecule has 0 bridgehead atoms. The number of morpholine rings is 1. The molecule has 1 N–H and O–H groups in total. The predicted molar refractivity (Wildman–Crippen MR) is 68.7 cm³/mol. The Labute approximate surface area is 102 Å². The van der Waals surface area contributed by atoms with Gasteiger partial charge in [0.25, 0.3) is 0 Å². The first-order valence-electron chi connectivity index (χ1n) is 6.14. The van der Waals surface area contributed by atoms with E-state index < -0.39 is 0 Å². The highest BCUT2D eigenvalue weighted by molar-refractivity contribution is 5.58. The number of rotatable bonds is 3. The molecule has 0 saturated carbocycles. The van der Waals surface area contributed by atoms with Crippen LogP contribution < -0.4 is 10.2 Å². The summed E-state index contributed by atoms with van der Waals surface area (Å²) in [4.78, 5) is 11.3. The molecule has 0 radical (unpaired) electrons. The number of nitrogens with zero attached hydrogens (tertiary/aromatic N) is 3. The third-order valence-electron chi connectivity index (χ3n) is 2.89. The van der Waals surface area contributed by atoms with Gasteiger partial charge in [-0.3, -0.25) is 0 Å². The van der Waals surface area contributed by atoms with Crippen molar-refractivity contribution in [3.63, 3.8) is 0 Å². The van der Waals surface area contributed by atoms with E-state index in [2.05, 4.69) is 34.0 Å². The molecule has 94 valence electrons. The average Bonchev–Trinajstić information content (AvgIpc) is 2.35. The fourth-order valence-electron chi connectivity index (χ4n) is 2.04. The fourth-order valence-corrected chi connectivity index (χ4v) is 2.04. The fraction of sp³-hybridized carbons (Fsp3) is 0.667. The lowest BCUT2D eigenvalue weighted by atomic mass is 10.2. The van der Waals surface area contributed by atoms with Crippen LogP contribution in [-0.4, -0.2) is 42.8 Å². The molecule has 1 fully saturated rings. The van der Waals surface area contributed by atoms with Crippen LogP contribution >= 0.6 is 0 Å². The number of hydrogen-bond donors (Lipinski definition) is 1. The molecule has 1 aromatic heterocycles. The van der Waals surface area contributed by atoms with Crippen LogP contribution in [0.4, 0.5) is 11.6 Å². The molecule has 0 atom stereocenters. The second kappa shape index (κ2) is 5.31. The van der Waals surface area contributed by atoms with Gasteiger partial charge in [0, 0.05) is 25.2 Å². The van der Waals surface area contributed by atoms with Crippen molar-refractivity contribution in [1.82, 2.24) is 9.97 Å². The van der Waals surface area contributed by atoms with E-state index in [0.29, 0.717) is 0 Å². The molecular weight excluding hydrogens is 216 g/mol. The van der Waals surface area contributed by atoms with Gasteiger partial charge in [-0.15, -0.1) is 0 Å². The summed E-state index contributed by atoms with van der Waals surface area (Å²) in [5, 5.41) is 3.29. The van der Waals surface area contributed by atoms with E-state index in [1.807, 2.05) is 6.92 Å². The Morgan fingerprint density at radius 3 is 2.59 bits per heavy atom. The van der Waals surface area contributed by atoms with E-state index in [1.54, 1.807) is 0 Å². The Hall–Kier alpha value is -1.36.